The Hall–Kier alpha value is -2.79. The van der Waals surface area contributed by atoms with Gasteiger partial charge in [-0.2, -0.15) is 0 Å². The van der Waals surface area contributed by atoms with Gasteiger partial charge in [-0.1, -0.05) is 38.1 Å². The summed E-state index contributed by atoms with van der Waals surface area (Å²) in [6.45, 7) is 6.50. The summed E-state index contributed by atoms with van der Waals surface area (Å²) in [5, 5.41) is 0. The Balaban J connectivity index is 1.84. The summed E-state index contributed by atoms with van der Waals surface area (Å²) < 4.78 is 5.53. The lowest BCUT2D eigenvalue weighted by Gasteiger charge is -2.23. The van der Waals surface area contributed by atoms with E-state index in [1.54, 1.807) is 13.3 Å². The van der Waals surface area contributed by atoms with Gasteiger partial charge >= 0.3 is 0 Å². The number of aromatic nitrogens is 3. The molecule has 1 aromatic carbocycles. The minimum atomic E-state index is 0.311. The third kappa shape index (κ3) is 5.34. The Kier molecular flexibility index (Phi) is 6.49. The van der Waals surface area contributed by atoms with Crippen LogP contribution in [-0.4, -0.2) is 27.0 Å². The van der Waals surface area contributed by atoms with Crippen molar-refractivity contribution in [3.05, 3.63) is 83.7 Å². The molecule has 0 bridgehead atoms. The molecular formula is C22H26N4O. The highest BCUT2D eigenvalue weighted by atomic mass is 16.5. The summed E-state index contributed by atoms with van der Waals surface area (Å²) in [5.41, 5.74) is 3.35. The maximum Gasteiger partial charge on any atom is 0.131 e. The predicted molar refractivity (Wildman–Crippen MR) is 106 cm³/mol. The molecule has 0 unspecified atom stereocenters. The second kappa shape index (κ2) is 9.24. The molecule has 5 nitrogen and oxygen atoms in total. The number of pyridine rings is 1. The standard InChI is InChI=1S/C22H26N4O/c1-17(2)22-24-12-10-20(25-22)16-26(14-18-7-6-11-23-13-18)15-19-8-4-5-9-21(19)27-3/h4-13,17H,14-16H2,1-3H3. The van der Waals surface area contributed by atoms with Crippen molar-refractivity contribution < 1.29 is 4.74 Å². The van der Waals surface area contributed by atoms with E-state index in [4.69, 9.17) is 9.72 Å². The smallest absolute Gasteiger partial charge is 0.131 e. The van der Waals surface area contributed by atoms with E-state index in [0.717, 1.165) is 42.5 Å². The fourth-order valence-electron chi connectivity index (χ4n) is 3.00. The van der Waals surface area contributed by atoms with Gasteiger partial charge in [0.25, 0.3) is 0 Å². The monoisotopic (exact) mass is 362 g/mol. The molecule has 2 heterocycles. The first-order valence-electron chi connectivity index (χ1n) is 9.20. The zero-order valence-electron chi connectivity index (χ0n) is 16.2. The summed E-state index contributed by atoms with van der Waals surface area (Å²) in [6.07, 6.45) is 5.56. The lowest BCUT2D eigenvalue weighted by molar-refractivity contribution is 0.240. The number of hydrogen-bond acceptors (Lipinski definition) is 5. The van der Waals surface area contributed by atoms with E-state index in [2.05, 4.69) is 40.8 Å². The van der Waals surface area contributed by atoms with Gasteiger partial charge in [0, 0.05) is 49.7 Å². The molecule has 5 heteroatoms. The van der Waals surface area contributed by atoms with Crippen LogP contribution < -0.4 is 4.74 Å². The highest BCUT2D eigenvalue weighted by molar-refractivity contribution is 5.33. The molecule has 27 heavy (non-hydrogen) atoms. The summed E-state index contributed by atoms with van der Waals surface area (Å²) in [7, 11) is 1.71. The van der Waals surface area contributed by atoms with Crippen molar-refractivity contribution >= 4 is 0 Å². The van der Waals surface area contributed by atoms with E-state index < -0.39 is 0 Å². The average Bonchev–Trinajstić information content (AvgIpc) is 2.69. The van der Waals surface area contributed by atoms with Crippen molar-refractivity contribution in [3.63, 3.8) is 0 Å². The van der Waals surface area contributed by atoms with Crippen LogP contribution in [0, 0.1) is 0 Å². The summed E-state index contributed by atoms with van der Waals surface area (Å²) in [5.74, 6) is 2.09. The van der Waals surface area contributed by atoms with Crippen molar-refractivity contribution in [1.29, 1.82) is 0 Å². The molecule has 0 N–H and O–H groups in total. The second-order valence-corrected chi connectivity index (χ2v) is 6.88. The molecule has 0 fully saturated rings. The van der Waals surface area contributed by atoms with Crippen LogP contribution in [0.15, 0.2) is 61.1 Å². The van der Waals surface area contributed by atoms with Gasteiger partial charge in [0.05, 0.1) is 12.8 Å². The molecular weight excluding hydrogens is 336 g/mol. The summed E-state index contributed by atoms with van der Waals surface area (Å²) >= 11 is 0. The number of nitrogens with zero attached hydrogens (tertiary/aromatic N) is 4. The third-order valence-corrected chi connectivity index (χ3v) is 4.35. The Morgan fingerprint density at radius 1 is 0.963 bits per heavy atom. The molecule has 0 atom stereocenters. The van der Waals surface area contributed by atoms with Crippen LogP contribution in [0.4, 0.5) is 0 Å². The number of para-hydroxylation sites is 1. The van der Waals surface area contributed by atoms with Gasteiger partial charge in [0.15, 0.2) is 0 Å². The quantitative estimate of drug-likeness (QED) is 0.601. The van der Waals surface area contributed by atoms with Gasteiger partial charge in [-0.3, -0.25) is 9.88 Å². The molecule has 3 aromatic rings. The largest absolute Gasteiger partial charge is 0.496 e. The zero-order valence-corrected chi connectivity index (χ0v) is 16.2. The minimum absolute atomic E-state index is 0.311. The Morgan fingerprint density at radius 3 is 2.56 bits per heavy atom. The highest BCUT2D eigenvalue weighted by Crippen LogP contribution is 2.21. The molecule has 0 spiro atoms. The van der Waals surface area contributed by atoms with E-state index in [1.807, 2.05) is 42.7 Å². The lowest BCUT2D eigenvalue weighted by atomic mass is 10.1. The maximum absolute atomic E-state index is 5.53. The fraction of sp³-hybridized carbons (Fsp3) is 0.318. The number of hydrogen-bond donors (Lipinski definition) is 0. The van der Waals surface area contributed by atoms with E-state index in [0.29, 0.717) is 5.92 Å². The Labute approximate surface area is 161 Å². The molecule has 140 valence electrons. The molecule has 0 saturated carbocycles. The first-order valence-corrected chi connectivity index (χ1v) is 9.20. The predicted octanol–water partition coefficient (Wildman–Crippen LogP) is 4.21. The molecule has 2 aromatic heterocycles. The van der Waals surface area contributed by atoms with Crippen molar-refractivity contribution in [2.75, 3.05) is 7.11 Å². The number of benzene rings is 1. The number of rotatable bonds is 8. The molecule has 3 rings (SSSR count). The molecule has 0 aliphatic carbocycles. The summed E-state index contributed by atoms with van der Waals surface area (Å²) in [6, 6.07) is 14.2. The van der Waals surface area contributed by atoms with Crippen LogP contribution in [0.5, 0.6) is 5.75 Å². The zero-order chi connectivity index (χ0) is 19.1. The first kappa shape index (κ1) is 19.0. The normalized spacial score (nSPS) is 11.1. The van der Waals surface area contributed by atoms with Crippen LogP contribution >= 0.6 is 0 Å². The van der Waals surface area contributed by atoms with E-state index in [1.165, 1.54) is 5.56 Å². The average molecular weight is 362 g/mol. The minimum Gasteiger partial charge on any atom is -0.496 e. The fourth-order valence-corrected chi connectivity index (χ4v) is 3.00. The van der Waals surface area contributed by atoms with Crippen LogP contribution in [0.2, 0.25) is 0 Å². The van der Waals surface area contributed by atoms with Gasteiger partial charge in [0.1, 0.15) is 11.6 Å². The number of ether oxygens (including phenoxy) is 1. The van der Waals surface area contributed by atoms with Crippen LogP contribution in [0.25, 0.3) is 0 Å². The molecule has 0 radical (unpaired) electrons. The van der Waals surface area contributed by atoms with E-state index in [-0.39, 0.29) is 0 Å². The van der Waals surface area contributed by atoms with Crippen molar-refractivity contribution in [2.24, 2.45) is 0 Å². The Morgan fingerprint density at radius 2 is 1.81 bits per heavy atom. The highest BCUT2D eigenvalue weighted by Gasteiger charge is 2.13. The molecule has 0 saturated heterocycles. The van der Waals surface area contributed by atoms with Crippen LogP contribution in [0.3, 0.4) is 0 Å². The Bertz CT molecular complexity index is 852. The van der Waals surface area contributed by atoms with E-state index in [9.17, 15) is 0 Å². The van der Waals surface area contributed by atoms with Gasteiger partial charge < -0.3 is 4.74 Å². The molecule has 0 aliphatic heterocycles. The topological polar surface area (TPSA) is 51.1 Å². The third-order valence-electron chi connectivity index (χ3n) is 4.35. The van der Waals surface area contributed by atoms with Crippen molar-refractivity contribution in [2.45, 2.75) is 39.4 Å². The number of methoxy groups -OCH3 is 1. The van der Waals surface area contributed by atoms with Crippen LogP contribution in [-0.2, 0) is 19.6 Å². The van der Waals surface area contributed by atoms with Gasteiger partial charge in [-0.15, -0.1) is 0 Å². The molecule has 0 aliphatic rings. The second-order valence-electron chi connectivity index (χ2n) is 6.88. The SMILES string of the molecule is COc1ccccc1CN(Cc1cccnc1)Cc1ccnc(C(C)C)n1. The first-order chi connectivity index (χ1) is 13.2. The molecule has 0 amide bonds. The van der Waals surface area contributed by atoms with Crippen molar-refractivity contribution in [1.82, 2.24) is 19.9 Å². The van der Waals surface area contributed by atoms with Crippen molar-refractivity contribution in [3.8, 4) is 5.75 Å². The van der Waals surface area contributed by atoms with E-state index >= 15 is 0 Å². The lowest BCUT2D eigenvalue weighted by Crippen LogP contribution is -2.23. The van der Waals surface area contributed by atoms with Gasteiger partial charge in [0.2, 0.25) is 0 Å². The van der Waals surface area contributed by atoms with Gasteiger partial charge in [-0.05, 0) is 23.8 Å². The van der Waals surface area contributed by atoms with Gasteiger partial charge in [-0.25, -0.2) is 9.97 Å². The maximum atomic E-state index is 5.53. The summed E-state index contributed by atoms with van der Waals surface area (Å²) in [4.78, 5) is 15.7. The van der Waals surface area contributed by atoms with Crippen LogP contribution in [0.1, 0.15) is 42.4 Å².